The van der Waals surface area contributed by atoms with Gasteiger partial charge in [0.15, 0.2) is 5.69 Å². The molecule has 0 radical (unpaired) electrons. The van der Waals surface area contributed by atoms with E-state index < -0.39 is 0 Å². The summed E-state index contributed by atoms with van der Waals surface area (Å²) in [7, 11) is 1.68. The molecule has 0 saturated heterocycles. The normalized spacial score (nSPS) is 13.1. The fourth-order valence-corrected chi connectivity index (χ4v) is 3.60. The summed E-state index contributed by atoms with van der Waals surface area (Å²) in [5.41, 5.74) is 2.60. The van der Waals surface area contributed by atoms with Crippen LogP contribution in [-0.2, 0) is 4.79 Å². The van der Waals surface area contributed by atoms with Crippen molar-refractivity contribution in [3.05, 3.63) is 78.0 Å². The van der Waals surface area contributed by atoms with Gasteiger partial charge < -0.3 is 4.52 Å². The lowest BCUT2D eigenvalue weighted by Crippen LogP contribution is -2.44. The van der Waals surface area contributed by atoms with Gasteiger partial charge in [-0.05, 0) is 36.4 Å². The average Bonchev–Trinajstić information content (AvgIpc) is 3.20. The summed E-state index contributed by atoms with van der Waals surface area (Å²) in [5, 5.41) is 4.63. The molecule has 6 nitrogen and oxygen atoms in total. The summed E-state index contributed by atoms with van der Waals surface area (Å²) in [6, 6.07) is 14.6. The van der Waals surface area contributed by atoms with Gasteiger partial charge >= 0.3 is 11.8 Å². The van der Waals surface area contributed by atoms with Gasteiger partial charge in [0.05, 0.1) is 19.7 Å². The minimum atomic E-state index is -0.369. The lowest BCUT2D eigenvalue weighted by molar-refractivity contribution is -0.125. The number of halogens is 2. The van der Waals surface area contributed by atoms with Gasteiger partial charge in [-0.15, -0.1) is 0 Å². The fourth-order valence-electron chi connectivity index (χ4n) is 3.30. The van der Waals surface area contributed by atoms with Crippen molar-refractivity contribution in [3.8, 4) is 22.5 Å². The number of para-hydroxylation sites is 1. The number of rotatable bonds is 4. The number of carbonyl (C=O) groups excluding carboxylic acids is 1. The van der Waals surface area contributed by atoms with E-state index in [2.05, 4.69) is 15.1 Å². The molecule has 0 saturated carbocycles. The number of quaternary nitrogens is 1. The van der Waals surface area contributed by atoms with Gasteiger partial charge in [-0.3, -0.25) is 0 Å². The van der Waals surface area contributed by atoms with Crippen molar-refractivity contribution < 1.29 is 13.7 Å². The van der Waals surface area contributed by atoms with E-state index >= 15 is 0 Å². The molecule has 2 aromatic heterocycles. The van der Waals surface area contributed by atoms with Crippen molar-refractivity contribution in [1.29, 1.82) is 0 Å². The van der Waals surface area contributed by atoms with Crippen LogP contribution in [0.4, 0.5) is 16.0 Å². The number of aromatic nitrogens is 3. The van der Waals surface area contributed by atoms with Gasteiger partial charge in [-0.25, -0.2) is 19.2 Å². The highest BCUT2D eigenvalue weighted by atomic mass is 35.5. The topological polar surface area (TPSA) is 68.9 Å². The SMILES string of the molecule is CC(=O)[N+](C)(c1ccccc1Cl)c1onc(-c2ccc(F)cc2)c1-c1ccncn1. The van der Waals surface area contributed by atoms with Gasteiger partial charge in [0, 0.05) is 17.8 Å². The van der Waals surface area contributed by atoms with Gasteiger partial charge in [-0.1, -0.05) is 28.9 Å². The largest absolute Gasteiger partial charge is 0.344 e. The molecule has 4 aromatic rings. The molecule has 1 unspecified atom stereocenters. The fraction of sp³-hybridized carbons (Fsp3) is 0.0909. The monoisotopic (exact) mass is 423 g/mol. The molecule has 0 aliphatic rings. The van der Waals surface area contributed by atoms with E-state index in [-0.39, 0.29) is 22.1 Å². The number of hydrogen-bond acceptors (Lipinski definition) is 5. The summed E-state index contributed by atoms with van der Waals surface area (Å²) < 4.78 is 18.9. The molecule has 8 heteroatoms. The quantitative estimate of drug-likeness (QED) is 0.411. The van der Waals surface area contributed by atoms with Crippen LogP contribution in [0.2, 0.25) is 5.02 Å². The first kappa shape index (κ1) is 19.9. The summed E-state index contributed by atoms with van der Waals surface area (Å²) in [6.07, 6.45) is 2.98. The second-order valence-corrected chi connectivity index (χ2v) is 7.20. The molecule has 0 fully saturated rings. The Morgan fingerprint density at radius 2 is 1.83 bits per heavy atom. The minimum absolute atomic E-state index is 0.236. The minimum Gasteiger partial charge on any atom is -0.301 e. The average molecular weight is 424 g/mol. The molecule has 4 rings (SSSR count). The molecule has 150 valence electrons. The third kappa shape index (κ3) is 3.28. The number of amides is 1. The van der Waals surface area contributed by atoms with Crippen molar-refractivity contribution in [3.63, 3.8) is 0 Å². The van der Waals surface area contributed by atoms with Crippen molar-refractivity contribution >= 4 is 29.1 Å². The van der Waals surface area contributed by atoms with Crippen LogP contribution < -0.4 is 4.48 Å². The van der Waals surface area contributed by atoms with Crippen LogP contribution in [0.5, 0.6) is 0 Å². The third-order valence-corrected chi connectivity index (χ3v) is 5.32. The van der Waals surface area contributed by atoms with E-state index in [1.807, 2.05) is 0 Å². The molecular formula is C22H17ClFN4O2+. The predicted molar refractivity (Wildman–Crippen MR) is 112 cm³/mol. The zero-order chi connectivity index (χ0) is 21.3. The van der Waals surface area contributed by atoms with Gasteiger partial charge in [0.25, 0.3) is 0 Å². The second-order valence-electron chi connectivity index (χ2n) is 6.79. The molecule has 2 heterocycles. The summed E-state index contributed by atoms with van der Waals surface area (Å²) in [5.74, 6) is -0.361. The van der Waals surface area contributed by atoms with E-state index in [1.165, 1.54) is 25.4 Å². The Balaban J connectivity index is 2.03. The Morgan fingerprint density at radius 3 is 2.47 bits per heavy atom. The van der Waals surface area contributed by atoms with E-state index in [0.717, 1.165) is 0 Å². The standard InChI is InChI=1S/C22H17ClFN4O2/c1-14(29)28(2,19-6-4-3-5-17(19)23)22-20(18-11-12-25-13-26-18)21(27-30-22)15-7-9-16(24)10-8-15/h3-13H,1-2H3/q+1. The number of benzene rings is 2. The predicted octanol–water partition coefficient (Wildman–Crippen LogP) is 5.41. The molecule has 0 aliphatic carbocycles. The first-order valence-corrected chi connectivity index (χ1v) is 9.46. The van der Waals surface area contributed by atoms with Crippen molar-refractivity contribution in [2.24, 2.45) is 0 Å². The summed E-state index contributed by atoms with van der Waals surface area (Å²) >= 11 is 6.44. The highest BCUT2D eigenvalue weighted by Gasteiger charge is 2.44. The van der Waals surface area contributed by atoms with E-state index in [0.29, 0.717) is 33.2 Å². The zero-order valence-corrected chi connectivity index (χ0v) is 17.0. The molecule has 1 amide bonds. The van der Waals surface area contributed by atoms with E-state index in [4.69, 9.17) is 16.1 Å². The number of carbonyl (C=O) groups is 1. The Hall–Kier alpha value is -3.42. The van der Waals surface area contributed by atoms with Gasteiger partial charge in [0.1, 0.15) is 28.4 Å². The zero-order valence-electron chi connectivity index (χ0n) is 16.2. The van der Waals surface area contributed by atoms with E-state index in [9.17, 15) is 9.18 Å². The maximum Gasteiger partial charge on any atom is 0.344 e. The Labute approximate surface area is 177 Å². The molecule has 1 atom stereocenters. The Morgan fingerprint density at radius 1 is 1.10 bits per heavy atom. The van der Waals surface area contributed by atoms with Crippen LogP contribution in [0.1, 0.15) is 6.92 Å². The summed E-state index contributed by atoms with van der Waals surface area (Å²) in [6.45, 7) is 1.45. The van der Waals surface area contributed by atoms with E-state index in [1.54, 1.807) is 55.7 Å². The van der Waals surface area contributed by atoms with Crippen LogP contribution in [0.15, 0.2) is 71.6 Å². The second kappa shape index (κ2) is 7.78. The van der Waals surface area contributed by atoms with Crippen LogP contribution >= 0.6 is 11.6 Å². The lowest BCUT2D eigenvalue weighted by Gasteiger charge is -2.27. The third-order valence-electron chi connectivity index (χ3n) is 5.00. The molecule has 2 aromatic carbocycles. The molecular weight excluding hydrogens is 407 g/mol. The smallest absolute Gasteiger partial charge is 0.301 e. The highest BCUT2D eigenvalue weighted by molar-refractivity contribution is 6.33. The molecule has 0 bridgehead atoms. The maximum absolute atomic E-state index is 13.5. The molecule has 0 N–H and O–H groups in total. The summed E-state index contributed by atoms with van der Waals surface area (Å²) in [4.78, 5) is 21.2. The van der Waals surface area contributed by atoms with Crippen molar-refractivity contribution in [2.45, 2.75) is 6.92 Å². The van der Waals surface area contributed by atoms with Crippen molar-refractivity contribution in [1.82, 2.24) is 19.6 Å². The molecule has 0 aliphatic heterocycles. The Bertz CT molecular complexity index is 1210. The molecule has 0 spiro atoms. The Kier molecular flexibility index (Phi) is 5.15. The van der Waals surface area contributed by atoms with Crippen molar-refractivity contribution in [2.75, 3.05) is 7.05 Å². The van der Waals surface area contributed by atoms with Crippen LogP contribution in [-0.4, -0.2) is 28.1 Å². The van der Waals surface area contributed by atoms with Crippen LogP contribution in [0.25, 0.3) is 22.5 Å². The maximum atomic E-state index is 13.5. The van der Waals surface area contributed by atoms with Crippen LogP contribution in [0.3, 0.4) is 0 Å². The van der Waals surface area contributed by atoms with Gasteiger partial charge in [0.2, 0.25) is 0 Å². The highest BCUT2D eigenvalue weighted by Crippen LogP contribution is 2.46. The first-order valence-electron chi connectivity index (χ1n) is 9.08. The number of hydrogen-bond donors (Lipinski definition) is 0. The van der Waals surface area contributed by atoms with Gasteiger partial charge in [-0.2, -0.15) is 4.48 Å². The molecule has 30 heavy (non-hydrogen) atoms. The number of nitrogens with zero attached hydrogens (tertiary/aromatic N) is 4. The van der Waals surface area contributed by atoms with Crippen LogP contribution in [0, 0.1) is 5.82 Å². The first-order chi connectivity index (χ1) is 14.4. The lowest BCUT2D eigenvalue weighted by atomic mass is 10.0.